The van der Waals surface area contributed by atoms with Crippen LogP contribution in [-0.2, 0) is 0 Å². The summed E-state index contributed by atoms with van der Waals surface area (Å²) in [6.45, 7) is 9.48. The standard InChI is InChI=1S/C18H26N4O3/c1-18(2,3)15(23)11-21-6-8-22(9-7-21)16(24)12-4-5-13-14(10-12)20-17(25)19-13/h4-5,10,15,23H,6-9,11H2,1-3H3,(H2,19,20,25)/t15-/m1/s1. The molecule has 0 saturated carbocycles. The van der Waals surface area contributed by atoms with E-state index in [9.17, 15) is 14.7 Å². The summed E-state index contributed by atoms with van der Waals surface area (Å²) in [6, 6.07) is 5.20. The minimum absolute atomic E-state index is 0.0278. The smallest absolute Gasteiger partial charge is 0.323 e. The maximum absolute atomic E-state index is 12.7. The van der Waals surface area contributed by atoms with E-state index >= 15 is 0 Å². The first-order chi connectivity index (χ1) is 11.7. The number of rotatable bonds is 3. The number of fused-ring (bicyclic) bond motifs is 1. The van der Waals surface area contributed by atoms with Crippen LogP contribution in [0, 0.1) is 5.41 Å². The van der Waals surface area contributed by atoms with Crippen LogP contribution >= 0.6 is 0 Å². The molecule has 0 radical (unpaired) electrons. The van der Waals surface area contributed by atoms with Gasteiger partial charge in [-0.25, -0.2) is 4.79 Å². The van der Waals surface area contributed by atoms with E-state index in [-0.39, 0.29) is 23.1 Å². The monoisotopic (exact) mass is 346 g/mol. The van der Waals surface area contributed by atoms with Crippen molar-refractivity contribution in [2.24, 2.45) is 5.41 Å². The SMILES string of the molecule is CC(C)(C)[C@H](O)CN1CCN(C(=O)c2ccc3[nH]c(=O)[nH]c3c2)CC1. The zero-order valence-corrected chi connectivity index (χ0v) is 15.0. The third kappa shape index (κ3) is 3.93. The summed E-state index contributed by atoms with van der Waals surface area (Å²) in [5, 5.41) is 10.2. The van der Waals surface area contributed by atoms with Crippen LogP contribution in [0.5, 0.6) is 0 Å². The number of hydrogen-bond acceptors (Lipinski definition) is 4. The van der Waals surface area contributed by atoms with Crippen molar-refractivity contribution in [1.82, 2.24) is 19.8 Å². The summed E-state index contributed by atoms with van der Waals surface area (Å²) in [6.07, 6.45) is -0.387. The number of β-amino-alcohol motifs (C(OH)–C–C–N with tert-alkyl or cyclic N) is 1. The highest BCUT2D eigenvalue weighted by molar-refractivity contribution is 5.97. The van der Waals surface area contributed by atoms with Crippen molar-refractivity contribution < 1.29 is 9.90 Å². The molecule has 7 heteroatoms. The molecular formula is C18H26N4O3. The molecule has 7 nitrogen and oxygen atoms in total. The lowest BCUT2D eigenvalue weighted by molar-refractivity contribution is 0.0137. The molecule has 0 bridgehead atoms. The fourth-order valence-electron chi connectivity index (χ4n) is 3.00. The Kier molecular flexibility index (Phi) is 4.71. The van der Waals surface area contributed by atoms with E-state index in [0.717, 1.165) is 13.1 Å². The Labute approximate surface area is 146 Å². The Bertz CT molecular complexity index is 810. The van der Waals surface area contributed by atoms with Crippen LogP contribution in [-0.4, -0.2) is 69.6 Å². The van der Waals surface area contributed by atoms with Crippen molar-refractivity contribution in [3.8, 4) is 0 Å². The molecule has 0 unspecified atom stereocenters. The van der Waals surface area contributed by atoms with Gasteiger partial charge in [0.15, 0.2) is 0 Å². The molecule has 1 aromatic heterocycles. The van der Waals surface area contributed by atoms with Crippen LogP contribution < -0.4 is 5.69 Å². The van der Waals surface area contributed by atoms with Gasteiger partial charge in [-0.2, -0.15) is 0 Å². The van der Waals surface area contributed by atoms with Crippen LogP contribution in [0.1, 0.15) is 31.1 Å². The molecule has 1 atom stereocenters. The molecule has 2 aromatic rings. The largest absolute Gasteiger partial charge is 0.391 e. The second kappa shape index (κ2) is 6.65. The number of amides is 1. The van der Waals surface area contributed by atoms with E-state index in [0.29, 0.717) is 36.2 Å². The van der Waals surface area contributed by atoms with Gasteiger partial charge in [-0.3, -0.25) is 9.69 Å². The highest BCUT2D eigenvalue weighted by atomic mass is 16.3. The van der Waals surface area contributed by atoms with Crippen molar-refractivity contribution in [1.29, 1.82) is 0 Å². The molecule has 1 saturated heterocycles. The van der Waals surface area contributed by atoms with E-state index in [1.54, 1.807) is 18.2 Å². The summed E-state index contributed by atoms with van der Waals surface area (Å²) in [5.41, 5.74) is 1.50. The van der Waals surface area contributed by atoms with Gasteiger partial charge in [-0.05, 0) is 23.6 Å². The number of aromatic nitrogens is 2. The molecule has 1 aromatic carbocycles. The quantitative estimate of drug-likeness (QED) is 0.774. The zero-order chi connectivity index (χ0) is 18.2. The summed E-state index contributed by atoms with van der Waals surface area (Å²) >= 11 is 0. The Morgan fingerprint density at radius 3 is 2.44 bits per heavy atom. The number of nitrogens with zero attached hydrogens (tertiary/aromatic N) is 2. The Morgan fingerprint density at radius 2 is 1.80 bits per heavy atom. The molecule has 1 fully saturated rings. The third-order valence-electron chi connectivity index (χ3n) is 4.85. The first kappa shape index (κ1) is 17.7. The van der Waals surface area contributed by atoms with Crippen LogP contribution in [0.25, 0.3) is 11.0 Å². The molecule has 0 aliphatic carbocycles. The number of benzene rings is 1. The molecule has 3 N–H and O–H groups in total. The zero-order valence-electron chi connectivity index (χ0n) is 15.0. The van der Waals surface area contributed by atoms with Gasteiger partial charge in [0.05, 0.1) is 17.1 Å². The fourth-order valence-corrected chi connectivity index (χ4v) is 3.00. The summed E-state index contributed by atoms with van der Waals surface area (Å²) in [5.74, 6) is -0.0278. The molecule has 136 valence electrons. The van der Waals surface area contributed by atoms with Gasteiger partial charge < -0.3 is 20.0 Å². The lowest BCUT2D eigenvalue weighted by atomic mass is 9.89. The van der Waals surface area contributed by atoms with E-state index < -0.39 is 0 Å². The maximum Gasteiger partial charge on any atom is 0.323 e. The van der Waals surface area contributed by atoms with Gasteiger partial charge in [0.2, 0.25) is 0 Å². The molecule has 25 heavy (non-hydrogen) atoms. The minimum Gasteiger partial charge on any atom is -0.391 e. The molecule has 3 rings (SSSR count). The lowest BCUT2D eigenvalue weighted by Crippen LogP contribution is -2.51. The summed E-state index contributed by atoms with van der Waals surface area (Å²) in [4.78, 5) is 33.4. The number of aliphatic hydroxyl groups is 1. The van der Waals surface area contributed by atoms with Crippen LogP contribution in [0.15, 0.2) is 23.0 Å². The maximum atomic E-state index is 12.7. The second-order valence-corrected chi connectivity index (χ2v) is 7.81. The average molecular weight is 346 g/mol. The summed E-state index contributed by atoms with van der Waals surface area (Å²) < 4.78 is 0. The Morgan fingerprint density at radius 1 is 1.16 bits per heavy atom. The van der Waals surface area contributed by atoms with Gasteiger partial charge in [0.25, 0.3) is 5.91 Å². The third-order valence-corrected chi connectivity index (χ3v) is 4.85. The van der Waals surface area contributed by atoms with E-state index in [1.807, 2.05) is 25.7 Å². The van der Waals surface area contributed by atoms with Gasteiger partial charge >= 0.3 is 5.69 Å². The predicted molar refractivity (Wildman–Crippen MR) is 96.7 cm³/mol. The highest BCUT2D eigenvalue weighted by Crippen LogP contribution is 2.20. The first-order valence-electron chi connectivity index (χ1n) is 8.66. The Balaban J connectivity index is 1.61. The topological polar surface area (TPSA) is 92.4 Å². The van der Waals surface area contributed by atoms with E-state index in [2.05, 4.69) is 14.9 Å². The van der Waals surface area contributed by atoms with Crippen LogP contribution in [0.2, 0.25) is 0 Å². The van der Waals surface area contributed by atoms with Crippen molar-refractivity contribution in [3.63, 3.8) is 0 Å². The van der Waals surface area contributed by atoms with E-state index in [1.165, 1.54) is 0 Å². The fraction of sp³-hybridized carbons (Fsp3) is 0.556. The number of carbonyl (C=O) groups excluding carboxylic acids is 1. The van der Waals surface area contributed by atoms with Gasteiger partial charge in [-0.1, -0.05) is 20.8 Å². The first-order valence-corrected chi connectivity index (χ1v) is 8.66. The van der Waals surface area contributed by atoms with Crippen molar-refractivity contribution in [2.75, 3.05) is 32.7 Å². The second-order valence-electron chi connectivity index (χ2n) is 7.81. The van der Waals surface area contributed by atoms with Gasteiger partial charge in [-0.15, -0.1) is 0 Å². The van der Waals surface area contributed by atoms with Gasteiger partial charge in [0.1, 0.15) is 0 Å². The Hall–Kier alpha value is -2.12. The predicted octanol–water partition coefficient (Wildman–Crippen LogP) is 1.02. The number of aromatic amines is 2. The number of imidazole rings is 1. The lowest BCUT2D eigenvalue weighted by Gasteiger charge is -2.38. The van der Waals surface area contributed by atoms with Gasteiger partial charge in [0, 0.05) is 38.3 Å². The van der Waals surface area contributed by atoms with E-state index in [4.69, 9.17) is 0 Å². The van der Waals surface area contributed by atoms with Crippen LogP contribution in [0.3, 0.4) is 0 Å². The highest BCUT2D eigenvalue weighted by Gasteiger charge is 2.28. The van der Waals surface area contributed by atoms with Crippen molar-refractivity contribution in [2.45, 2.75) is 26.9 Å². The minimum atomic E-state index is -0.387. The molecule has 0 spiro atoms. The number of carbonyl (C=O) groups is 1. The number of hydrogen-bond donors (Lipinski definition) is 3. The number of H-pyrrole nitrogens is 2. The van der Waals surface area contributed by atoms with Crippen molar-refractivity contribution >= 4 is 16.9 Å². The molecule has 1 aliphatic heterocycles. The number of piperazine rings is 1. The molecule has 2 heterocycles. The summed E-state index contributed by atoms with van der Waals surface area (Å²) in [7, 11) is 0. The van der Waals surface area contributed by atoms with Crippen molar-refractivity contribution in [3.05, 3.63) is 34.2 Å². The molecular weight excluding hydrogens is 320 g/mol. The van der Waals surface area contributed by atoms with Crippen LogP contribution in [0.4, 0.5) is 0 Å². The molecule has 1 aliphatic rings. The average Bonchev–Trinajstić information content (AvgIpc) is 2.93. The number of nitrogens with one attached hydrogen (secondary N) is 2. The number of aliphatic hydroxyl groups excluding tert-OH is 1. The molecule has 1 amide bonds. The normalized spacial score (nSPS) is 17.8.